The van der Waals surface area contributed by atoms with Gasteiger partial charge in [-0.25, -0.2) is 0 Å². The molecule has 20 heavy (non-hydrogen) atoms. The molecular weight excluding hydrogens is 248 g/mol. The molecule has 3 atom stereocenters. The third-order valence-corrected chi connectivity index (χ3v) is 4.66. The molecule has 1 aromatic carbocycles. The SMILES string of the molecule is CNCC1CCCN(C(=O)C2CC2c2ccccc2)C1. The lowest BCUT2D eigenvalue weighted by atomic mass is 9.97. The molecule has 1 saturated carbocycles. The summed E-state index contributed by atoms with van der Waals surface area (Å²) in [6.45, 7) is 2.92. The van der Waals surface area contributed by atoms with Crippen LogP contribution in [0.1, 0.15) is 30.7 Å². The normalized spacial score (nSPS) is 29.2. The van der Waals surface area contributed by atoms with Crippen molar-refractivity contribution in [2.24, 2.45) is 11.8 Å². The van der Waals surface area contributed by atoms with Crippen molar-refractivity contribution in [2.45, 2.75) is 25.2 Å². The molecule has 1 aliphatic carbocycles. The lowest BCUT2D eigenvalue weighted by Gasteiger charge is -2.33. The smallest absolute Gasteiger partial charge is 0.226 e. The second kappa shape index (κ2) is 5.96. The van der Waals surface area contributed by atoms with Gasteiger partial charge >= 0.3 is 0 Å². The maximum atomic E-state index is 12.6. The summed E-state index contributed by atoms with van der Waals surface area (Å²) >= 11 is 0. The largest absolute Gasteiger partial charge is 0.342 e. The molecule has 3 unspecified atom stereocenters. The zero-order valence-electron chi connectivity index (χ0n) is 12.2. The summed E-state index contributed by atoms with van der Waals surface area (Å²) in [5, 5.41) is 3.24. The van der Waals surface area contributed by atoms with E-state index in [9.17, 15) is 4.79 Å². The predicted molar refractivity (Wildman–Crippen MR) is 80.5 cm³/mol. The van der Waals surface area contributed by atoms with Gasteiger partial charge in [0.2, 0.25) is 5.91 Å². The first kappa shape index (κ1) is 13.6. The number of carbonyl (C=O) groups excluding carboxylic acids is 1. The first-order valence-electron chi connectivity index (χ1n) is 7.78. The van der Waals surface area contributed by atoms with Gasteiger partial charge < -0.3 is 10.2 Å². The maximum absolute atomic E-state index is 12.6. The van der Waals surface area contributed by atoms with Gasteiger partial charge in [-0.05, 0) is 50.3 Å². The lowest BCUT2D eigenvalue weighted by molar-refractivity contribution is -0.134. The van der Waals surface area contributed by atoms with Gasteiger partial charge in [0, 0.05) is 19.0 Å². The van der Waals surface area contributed by atoms with E-state index in [1.54, 1.807) is 0 Å². The number of nitrogens with one attached hydrogen (secondary N) is 1. The fraction of sp³-hybridized carbons (Fsp3) is 0.588. The summed E-state index contributed by atoms with van der Waals surface area (Å²) in [6, 6.07) is 10.5. The Morgan fingerprint density at radius 2 is 2.15 bits per heavy atom. The van der Waals surface area contributed by atoms with E-state index in [1.807, 2.05) is 13.1 Å². The van der Waals surface area contributed by atoms with Gasteiger partial charge in [-0.2, -0.15) is 0 Å². The van der Waals surface area contributed by atoms with Crippen LogP contribution in [0.3, 0.4) is 0 Å². The van der Waals surface area contributed by atoms with Crippen molar-refractivity contribution in [3.05, 3.63) is 35.9 Å². The van der Waals surface area contributed by atoms with E-state index in [0.29, 0.717) is 17.7 Å². The van der Waals surface area contributed by atoms with Crippen molar-refractivity contribution < 1.29 is 4.79 Å². The van der Waals surface area contributed by atoms with Crippen LogP contribution in [0.2, 0.25) is 0 Å². The topological polar surface area (TPSA) is 32.3 Å². The molecular formula is C17H24N2O. The number of carbonyl (C=O) groups is 1. The minimum Gasteiger partial charge on any atom is -0.342 e. The van der Waals surface area contributed by atoms with Crippen LogP contribution in [0.25, 0.3) is 0 Å². The first-order chi connectivity index (χ1) is 9.79. The van der Waals surface area contributed by atoms with Crippen LogP contribution in [-0.4, -0.2) is 37.5 Å². The second-order valence-corrected chi connectivity index (χ2v) is 6.21. The zero-order chi connectivity index (χ0) is 13.9. The monoisotopic (exact) mass is 272 g/mol. The van der Waals surface area contributed by atoms with Crippen LogP contribution in [0.4, 0.5) is 0 Å². The second-order valence-electron chi connectivity index (χ2n) is 6.21. The molecule has 108 valence electrons. The van der Waals surface area contributed by atoms with Crippen molar-refractivity contribution in [1.29, 1.82) is 0 Å². The molecule has 3 rings (SSSR count). The molecule has 1 heterocycles. The number of hydrogen-bond donors (Lipinski definition) is 1. The maximum Gasteiger partial charge on any atom is 0.226 e. The molecule has 1 saturated heterocycles. The highest BCUT2D eigenvalue weighted by molar-refractivity contribution is 5.83. The van der Waals surface area contributed by atoms with E-state index in [0.717, 1.165) is 32.5 Å². The molecule has 0 aromatic heterocycles. The van der Waals surface area contributed by atoms with Crippen LogP contribution in [0.5, 0.6) is 0 Å². The fourth-order valence-electron chi connectivity index (χ4n) is 3.49. The Morgan fingerprint density at radius 3 is 2.90 bits per heavy atom. The summed E-state index contributed by atoms with van der Waals surface area (Å²) in [7, 11) is 1.99. The number of hydrogen-bond acceptors (Lipinski definition) is 2. The van der Waals surface area contributed by atoms with Crippen molar-refractivity contribution in [2.75, 3.05) is 26.7 Å². The van der Waals surface area contributed by atoms with E-state index < -0.39 is 0 Å². The van der Waals surface area contributed by atoms with Crippen LogP contribution >= 0.6 is 0 Å². The molecule has 2 aliphatic rings. The zero-order valence-corrected chi connectivity index (χ0v) is 12.2. The third-order valence-electron chi connectivity index (χ3n) is 4.66. The van der Waals surface area contributed by atoms with Gasteiger partial charge in [0.1, 0.15) is 0 Å². The van der Waals surface area contributed by atoms with E-state index in [2.05, 4.69) is 34.5 Å². The highest BCUT2D eigenvalue weighted by Gasteiger charge is 2.46. The summed E-state index contributed by atoms with van der Waals surface area (Å²) < 4.78 is 0. The molecule has 0 bridgehead atoms. The standard InChI is InChI=1S/C17H24N2O/c1-18-11-13-6-5-9-19(12-13)17(20)16-10-15(16)14-7-3-2-4-8-14/h2-4,7-8,13,15-16,18H,5-6,9-12H2,1H3. The van der Waals surface area contributed by atoms with Gasteiger partial charge in [-0.15, -0.1) is 0 Å². The quantitative estimate of drug-likeness (QED) is 0.912. The lowest BCUT2D eigenvalue weighted by Crippen LogP contribution is -2.43. The molecule has 3 heteroatoms. The Kier molecular flexibility index (Phi) is 4.06. The molecule has 1 aromatic rings. The van der Waals surface area contributed by atoms with Gasteiger partial charge in [0.25, 0.3) is 0 Å². The highest BCUT2D eigenvalue weighted by atomic mass is 16.2. The van der Waals surface area contributed by atoms with Gasteiger partial charge in [0.05, 0.1) is 0 Å². The van der Waals surface area contributed by atoms with Crippen molar-refractivity contribution >= 4 is 5.91 Å². The minimum absolute atomic E-state index is 0.241. The number of benzene rings is 1. The molecule has 2 fully saturated rings. The molecule has 0 spiro atoms. The Balaban J connectivity index is 1.58. The Labute approximate surface area is 121 Å². The summed E-state index contributed by atoms with van der Waals surface area (Å²) in [5.41, 5.74) is 1.33. The van der Waals surface area contributed by atoms with Crippen molar-refractivity contribution in [3.8, 4) is 0 Å². The van der Waals surface area contributed by atoms with Crippen LogP contribution < -0.4 is 5.32 Å². The average molecular weight is 272 g/mol. The summed E-state index contributed by atoms with van der Waals surface area (Å²) in [4.78, 5) is 14.7. The number of amides is 1. The number of rotatable bonds is 4. The molecule has 1 amide bonds. The van der Waals surface area contributed by atoms with Crippen molar-refractivity contribution in [3.63, 3.8) is 0 Å². The molecule has 1 N–H and O–H groups in total. The Bertz CT molecular complexity index is 457. The van der Waals surface area contributed by atoms with Crippen LogP contribution in [0.15, 0.2) is 30.3 Å². The van der Waals surface area contributed by atoms with Gasteiger partial charge in [-0.3, -0.25) is 4.79 Å². The van der Waals surface area contributed by atoms with E-state index in [1.165, 1.54) is 12.0 Å². The van der Waals surface area contributed by atoms with E-state index >= 15 is 0 Å². The van der Waals surface area contributed by atoms with Crippen LogP contribution in [0, 0.1) is 11.8 Å². The average Bonchev–Trinajstić information content (AvgIpc) is 3.29. The molecule has 0 radical (unpaired) electrons. The summed E-state index contributed by atoms with van der Waals surface area (Å²) in [6.07, 6.45) is 3.44. The van der Waals surface area contributed by atoms with Gasteiger partial charge in [-0.1, -0.05) is 30.3 Å². The fourth-order valence-corrected chi connectivity index (χ4v) is 3.49. The number of piperidine rings is 1. The Hall–Kier alpha value is -1.35. The molecule has 1 aliphatic heterocycles. The summed E-state index contributed by atoms with van der Waals surface area (Å²) in [5.74, 6) is 1.73. The number of nitrogens with zero attached hydrogens (tertiary/aromatic N) is 1. The number of likely N-dealkylation sites (tertiary alicyclic amines) is 1. The predicted octanol–water partition coefficient (Wildman–Crippen LogP) is 2.25. The van der Waals surface area contributed by atoms with Crippen LogP contribution in [-0.2, 0) is 4.79 Å². The van der Waals surface area contributed by atoms with Gasteiger partial charge in [0.15, 0.2) is 0 Å². The van der Waals surface area contributed by atoms with E-state index in [4.69, 9.17) is 0 Å². The first-order valence-corrected chi connectivity index (χ1v) is 7.78. The van der Waals surface area contributed by atoms with E-state index in [-0.39, 0.29) is 5.92 Å². The Morgan fingerprint density at radius 1 is 1.35 bits per heavy atom. The minimum atomic E-state index is 0.241. The van der Waals surface area contributed by atoms with Crippen molar-refractivity contribution in [1.82, 2.24) is 10.2 Å². The third kappa shape index (κ3) is 2.88. The molecule has 3 nitrogen and oxygen atoms in total. The highest BCUT2D eigenvalue weighted by Crippen LogP contribution is 2.48.